The molecule has 1 aliphatic heterocycles. The third-order valence-electron chi connectivity index (χ3n) is 2.15. The lowest BCUT2D eigenvalue weighted by molar-refractivity contribution is 0.0825. The number of hydrogen-bond donors (Lipinski definition) is 0. The zero-order chi connectivity index (χ0) is 11.7. The lowest BCUT2D eigenvalue weighted by atomic mass is 10.3. The molecule has 2 heterocycles. The first kappa shape index (κ1) is 11.0. The molecule has 0 aliphatic carbocycles. The molecule has 1 saturated heterocycles. The van der Waals surface area contributed by atoms with Crippen molar-refractivity contribution < 1.29 is 14.4 Å². The summed E-state index contributed by atoms with van der Waals surface area (Å²) in [6, 6.07) is -0.684. The van der Waals surface area contributed by atoms with Crippen LogP contribution in [0.3, 0.4) is 0 Å². The molecule has 0 unspecified atom stereocenters. The summed E-state index contributed by atoms with van der Waals surface area (Å²) in [5, 5.41) is 0.671. The van der Waals surface area contributed by atoms with Crippen molar-refractivity contribution >= 4 is 40.4 Å². The maximum atomic E-state index is 11.8. The van der Waals surface area contributed by atoms with E-state index in [1.807, 2.05) is 0 Å². The molecule has 1 aliphatic rings. The van der Waals surface area contributed by atoms with Crippen LogP contribution in [0.2, 0.25) is 0 Å². The van der Waals surface area contributed by atoms with Crippen LogP contribution in [0.15, 0.2) is 11.6 Å². The average molecular weight is 260 g/mol. The van der Waals surface area contributed by atoms with Gasteiger partial charge in [-0.05, 0) is 23.1 Å². The number of halogens is 1. The van der Waals surface area contributed by atoms with Gasteiger partial charge >= 0.3 is 11.4 Å². The van der Waals surface area contributed by atoms with E-state index in [-0.39, 0.29) is 13.1 Å². The minimum atomic E-state index is -0.872. The number of carbonyl (C=O) groups is 3. The minimum Gasteiger partial charge on any atom is -0.268 e. The van der Waals surface area contributed by atoms with Gasteiger partial charge in [-0.15, -0.1) is 0 Å². The van der Waals surface area contributed by atoms with Gasteiger partial charge in [0, 0.05) is 18.5 Å². The molecule has 0 bridgehead atoms. The monoisotopic (exact) mass is 259 g/mol. The van der Waals surface area contributed by atoms with E-state index in [2.05, 4.69) is 4.37 Å². The summed E-state index contributed by atoms with van der Waals surface area (Å²) < 4.78 is 3.77. The standard InChI is InChI=1S/C8H6ClN3O3S/c9-7(14)12-2-1-11(8(12)15)6(13)5-3-10-16-4-5/h3-4H,1-2H2. The second kappa shape index (κ2) is 4.18. The van der Waals surface area contributed by atoms with Crippen molar-refractivity contribution in [1.82, 2.24) is 14.2 Å². The molecule has 1 aromatic heterocycles. The summed E-state index contributed by atoms with van der Waals surface area (Å²) in [5.74, 6) is -0.459. The largest absolute Gasteiger partial charge is 0.334 e. The van der Waals surface area contributed by atoms with Gasteiger partial charge in [-0.25, -0.2) is 14.1 Å². The number of nitrogens with zero attached hydrogens (tertiary/aromatic N) is 3. The predicted molar refractivity (Wildman–Crippen MR) is 56.5 cm³/mol. The van der Waals surface area contributed by atoms with Gasteiger partial charge in [-0.1, -0.05) is 0 Å². The summed E-state index contributed by atoms with van der Waals surface area (Å²) in [6.45, 7) is 0.288. The molecule has 0 saturated carbocycles. The first-order valence-electron chi connectivity index (χ1n) is 4.33. The number of amides is 4. The molecule has 8 heteroatoms. The van der Waals surface area contributed by atoms with E-state index in [1.165, 1.54) is 6.20 Å². The molecule has 0 atom stereocenters. The van der Waals surface area contributed by atoms with Gasteiger partial charge in [0.15, 0.2) is 0 Å². The van der Waals surface area contributed by atoms with Crippen molar-refractivity contribution in [1.29, 1.82) is 0 Å². The van der Waals surface area contributed by atoms with Crippen LogP contribution in [-0.4, -0.2) is 44.6 Å². The zero-order valence-corrected chi connectivity index (χ0v) is 9.49. The van der Waals surface area contributed by atoms with E-state index in [4.69, 9.17) is 11.6 Å². The Labute approximate surface area is 99.6 Å². The fourth-order valence-corrected chi connectivity index (χ4v) is 2.02. The highest BCUT2D eigenvalue weighted by Crippen LogP contribution is 2.15. The average Bonchev–Trinajstić information content (AvgIpc) is 2.84. The third-order valence-corrected chi connectivity index (χ3v) is 2.94. The van der Waals surface area contributed by atoms with E-state index in [1.54, 1.807) is 5.38 Å². The van der Waals surface area contributed by atoms with Gasteiger partial charge in [0.05, 0.1) is 11.8 Å². The Bertz CT molecular complexity index is 447. The number of rotatable bonds is 1. The molecular formula is C8H6ClN3O3S. The summed E-state index contributed by atoms with van der Waals surface area (Å²) in [4.78, 5) is 36.0. The first-order valence-corrected chi connectivity index (χ1v) is 5.55. The van der Waals surface area contributed by atoms with Gasteiger partial charge in [0.25, 0.3) is 5.91 Å². The highest BCUT2D eigenvalue weighted by molar-refractivity contribution is 7.03. The van der Waals surface area contributed by atoms with Crippen LogP contribution in [0.1, 0.15) is 10.4 Å². The maximum Gasteiger partial charge on any atom is 0.334 e. The molecule has 1 fully saturated rings. The van der Waals surface area contributed by atoms with Crippen molar-refractivity contribution in [2.45, 2.75) is 0 Å². The normalized spacial score (nSPS) is 15.7. The van der Waals surface area contributed by atoms with Gasteiger partial charge in [0.1, 0.15) is 0 Å². The molecule has 1 aromatic rings. The van der Waals surface area contributed by atoms with Gasteiger partial charge < -0.3 is 0 Å². The van der Waals surface area contributed by atoms with Crippen molar-refractivity contribution in [2.75, 3.05) is 13.1 Å². The summed E-state index contributed by atoms with van der Waals surface area (Å²) in [5.41, 5.74) is 0.335. The zero-order valence-electron chi connectivity index (χ0n) is 7.92. The smallest absolute Gasteiger partial charge is 0.268 e. The van der Waals surface area contributed by atoms with Crippen LogP contribution >= 0.6 is 23.1 Å². The number of hydrogen-bond acceptors (Lipinski definition) is 5. The second-order valence-electron chi connectivity index (χ2n) is 3.06. The first-order chi connectivity index (χ1) is 7.61. The fourth-order valence-electron chi connectivity index (χ4n) is 1.35. The number of imide groups is 2. The molecule has 2 rings (SSSR count). The number of carbonyl (C=O) groups excluding carboxylic acids is 3. The lowest BCUT2D eigenvalue weighted by Crippen LogP contribution is -2.37. The van der Waals surface area contributed by atoms with Crippen LogP contribution in [0.25, 0.3) is 0 Å². The highest BCUT2D eigenvalue weighted by atomic mass is 35.5. The molecule has 0 spiro atoms. The summed E-state index contributed by atoms with van der Waals surface area (Å²) in [6.07, 6.45) is 1.38. The molecule has 4 amide bonds. The topological polar surface area (TPSA) is 70.6 Å². The van der Waals surface area contributed by atoms with Gasteiger partial charge in [-0.2, -0.15) is 0 Å². The Morgan fingerprint density at radius 3 is 2.56 bits per heavy atom. The van der Waals surface area contributed by atoms with E-state index in [9.17, 15) is 14.4 Å². The molecule has 84 valence electrons. The molecule has 0 N–H and O–H groups in total. The van der Waals surface area contributed by atoms with Crippen LogP contribution in [-0.2, 0) is 0 Å². The van der Waals surface area contributed by atoms with E-state index < -0.39 is 17.3 Å². The Balaban J connectivity index is 2.16. The molecule has 0 radical (unpaired) electrons. The quantitative estimate of drug-likeness (QED) is 0.564. The predicted octanol–water partition coefficient (Wildman–Crippen LogP) is 1.38. The Morgan fingerprint density at radius 1 is 1.38 bits per heavy atom. The van der Waals surface area contributed by atoms with Gasteiger partial charge in [-0.3, -0.25) is 14.5 Å². The number of urea groups is 1. The van der Waals surface area contributed by atoms with Crippen molar-refractivity contribution in [2.24, 2.45) is 0 Å². The molecule has 0 aromatic carbocycles. The lowest BCUT2D eigenvalue weighted by Gasteiger charge is -2.12. The Kier molecular flexibility index (Phi) is 2.88. The third kappa shape index (κ3) is 1.79. The second-order valence-corrected chi connectivity index (χ2v) is 4.04. The molecular weight excluding hydrogens is 254 g/mol. The van der Waals surface area contributed by atoms with Crippen molar-refractivity contribution in [3.63, 3.8) is 0 Å². The van der Waals surface area contributed by atoms with Crippen LogP contribution < -0.4 is 0 Å². The fraction of sp³-hybridized carbons (Fsp3) is 0.250. The van der Waals surface area contributed by atoms with Crippen LogP contribution in [0.4, 0.5) is 9.59 Å². The molecule has 16 heavy (non-hydrogen) atoms. The van der Waals surface area contributed by atoms with E-state index >= 15 is 0 Å². The Hall–Kier alpha value is -1.47. The van der Waals surface area contributed by atoms with Crippen LogP contribution in [0.5, 0.6) is 0 Å². The number of aromatic nitrogens is 1. The van der Waals surface area contributed by atoms with Crippen molar-refractivity contribution in [3.05, 3.63) is 17.1 Å². The maximum absolute atomic E-state index is 11.8. The van der Waals surface area contributed by atoms with Crippen molar-refractivity contribution in [3.8, 4) is 0 Å². The summed E-state index contributed by atoms with van der Waals surface area (Å²) >= 11 is 6.31. The summed E-state index contributed by atoms with van der Waals surface area (Å²) in [7, 11) is 0. The Morgan fingerprint density at radius 2 is 2.06 bits per heavy atom. The SMILES string of the molecule is O=C(Cl)N1CCN(C(=O)c2cnsc2)C1=O. The highest BCUT2D eigenvalue weighted by Gasteiger charge is 2.36. The van der Waals surface area contributed by atoms with E-state index in [0.717, 1.165) is 21.3 Å². The minimum absolute atomic E-state index is 0.129. The van der Waals surface area contributed by atoms with Gasteiger partial charge in [0.2, 0.25) is 0 Å². The van der Waals surface area contributed by atoms with Crippen LogP contribution in [0, 0.1) is 0 Å². The molecule has 6 nitrogen and oxygen atoms in total. The van der Waals surface area contributed by atoms with E-state index in [0.29, 0.717) is 5.56 Å².